The summed E-state index contributed by atoms with van der Waals surface area (Å²) in [6.07, 6.45) is 2.71. The molecular formula is C16H24N4. The maximum Gasteiger partial charge on any atom is 0.140 e. The maximum absolute atomic E-state index is 4.33. The molecule has 0 radical (unpaired) electrons. The van der Waals surface area contributed by atoms with Gasteiger partial charge in [-0.3, -0.25) is 0 Å². The van der Waals surface area contributed by atoms with Gasteiger partial charge in [0.25, 0.3) is 0 Å². The van der Waals surface area contributed by atoms with Crippen LogP contribution in [0.1, 0.15) is 37.7 Å². The van der Waals surface area contributed by atoms with E-state index in [-0.39, 0.29) is 0 Å². The molecule has 1 aromatic carbocycles. The Morgan fingerprint density at radius 2 is 1.90 bits per heavy atom. The van der Waals surface area contributed by atoms with Gasteiger partial charge in [0.05, 0.1) is 6.54 Å². The lowest BCUT2D eigenvalue weighted by atomic mass is 10.1. The van der Waals surface area contributed by atoms with Crippen LogP contribution in [0.3, 0.4) is 0 Å². The highest BCUT2D eigenvalue weighted by Gasteiger charge is 2.06. The first-order chi connectivity index (χ1) is 9.70. The third-order valence-electron chi connectivity index (χ3n) is 3.33. The van der Waals surface area contributed by atoms with Crippen molar-refractivity contribution in [1.29, 1.82) is 0 Å². The van der Waals surface area contributed by atoms with Crippen molar-refractivity contribution in [3.63, 3.8) is 0 Å². The molecule has 0 aliphatic rings. The number of nitrogens with zero attached hydrogens (tertiary/aromatic N) is 3. The number of rotatable bonds is 7. The van der Waals surface area contributed by atoms with Crippen LogP contribution in [0.4, 0.5) is 0 Å². The summed E-state index contributed by atoms with van der Waals surface area (Å²) in [4.78, 5) is 4.33. The van der Waals surface area contributed by atoms with Crippen molar-refractivity contribution in [2.24, 2.45) is 5.92 Å². The van der Waals surface area contributed by atoms with Gasteiger partial charge in [0.1, 0.15) is 12.2 Å². The van der Waals surface area contributed by atoms with Crippen LogP contribution in [0.2, 0.25) is 0 Å². The van der Waals surface area contributed by atoms with Crippen LogP contribution in [0.5, 0.6) is 0 Å². The number of aryl methyl sites for hydroxylation is 1. The molecule has 4 nitrogen and oxygen atoms in total. The SMILES string of the molecule is CCc1ccccc1CNCc1ncnn1CC(C)C. The molecular weight excluding hydrogens is 248 g/mol. The van der Waals surface area contributed by atoms with Gasteiger partial charge in [-0.05, 0) is 23.5 Å². The molecule has 0 aliphatic heterocycles. The van der Waals surface area contributed by atoms with Crippen molar-refractivity contribution in [3.8, 4) is 0 Å². The Morgan fingerprint density at radius 1 is 1.15 bits per heavy atom. The van der Waals surface area contributed by atoms with Gasteiger partial charge >= 0.3 is 0 Å². The van der Waals surface area contributed by atoms with E-state index in [1.807, 2.05) is 4.68 Å². The molecule has 0 unspecified atom stereocenters. The smallest absolute Gasteiger partial charge is 0.140 e. The quantitative estimate of drug-likeness (QED) is 0.843. The Kier molecular flexibility index (Phi) is 5.30. The molecule has 0 atom stereocenters. The van der Waals surface area contributed by atoms with E-state index in [0.29, 0.717) is 5.92 Å². The van der Waals surface area contributed by atoms with Crippen molar-refractivity contribution < 1.29 is 0 Å². The molecule has 0 saturated heterocycles. The molecule has 0 aliphatic carbocycles. The second-order valence-electron chi connectivity index (χ2n) is 5.48. The lowest BCUT2D eigenvalue weighted by molar-refractivity contribution is 0.457. The molecule has 1 aromatic heterocycles. The average molecular weight is 272 g/mol. The summed E-state index contributed by atoms with van der Waals surface area (Å²) < 4.78 is 1.99. The van der Waals surface area contributed by atoms with Gasteiger partial charge in [-0.2, -0.15) is 5.10 Å². The minimum atomic E-state index is 0.580. The zero-order chi connectivity index (χ0) is 14.4. The summed E-state index contributed by atoms with van der Waals surface area (Å²) in [5, 5.41) is 7.75. The van der Waals surface area contributed by atoms with E-state index in [2.05, 4.69) is 60.4 Å². The molecule has 4 heteroatoms. The number of benzene rings is 1. The van der Waals surface area contributed by atoms with Crippen LogP contribution in [-0.4, -0.2) is 14.8 Å². The van der Waals surface area contributed by atoms with Crippen LogP contribution in [0.15, 0.2) is 30.6 Å². The largest absolute Gasteiger partial charge is 0.306 e. The summed E-state index contributed by atoms with van der Waals surface area (Å²) in [7, 11) is 0. The van der Waals surface area contributed by atoms with Crippen LogP contribution in [0, 0.1) is 5.92 Å². The number of hydrogen-bond acceptors (Lipinski definition) is 3. The van der Waals surface area contributed by atoms with Gasteiger partial charge in [0.15, 0.2) is 0 Å². The third-order valence-corrected chi connectivity index (χ3v) is 3.33. The predicted molar refractivity (Wildman–Crippen MR) is 81.2 cm³/mol. The van der Waals surface area contributed by atoms with Gasteiger partial charge in [-0.1, -0.05) is 45.0 Å². The fourth-order valence-electron chi connectivity index (χ4n) is 2.31. The Hall–Kier alpha value is -1.68. The van der Waals surface area contributed by atoms with Crippen molar-refractivity contribution in [2.75, 3.05) is 0 Å². The Balaban J connectivity index is 1.91. The second-order valence-corrected chi connectivity index (χ2v) is 5.48. The highest BCUT2D eigenvalue weighted by atomic mass is 15.3. The van der Waals surface area contributed by atoms with Crippen LogP contribution >= 0.6 is 0 Å². The van der Waals surface area contributed by atoms with Gasteiger partial charge in [-0.25, -0.2) is 9.67 Å². The van der Waals surface area contributed by atoms with Gasteiger partial charge in [0, 0.05) is 13.1 Å². The van der Waals surface area contributed by atoms with Gasteiger partial charge < -0.3 is 5.32 Å². The summed E-state index contributed by atoms with van der Waals surface area (Å²) in [5.74, 6) is 1.59. The first kappa shape index (κ1) is 14.7. The van der Waals surface area contributed by atoms with Crippen molar-refractivity contribution in [3.05, 3.63) is 47.5 Å². The first-order valence-electron chi connectivity index (χ1n) is 7.35. The van der Waals surface area contributed by atoms with E-state index < -0.39 is 0 Å². The zero-order valence-electron chi connectivity index (χ0n) is 12.6. The first-order valence-corrected chi connectivity index (χ1v) is 7.35. The average Bonchev–Trinajstić information content (AvgIpc) is 2.86. The molecule has 108 valence electrons. The molecule has 0 fully saturated rings. The van der Waals surface area contributed by atoms with Crippen molar-refractivity contribution >= 4 is 0 Å². The molecule has 0 spiro atoms. The monoisotopic (exact) mass is 272 g/mol. The fourth-order valence-corrected chi connectivity index (χ4v) is 2.31. The summed E-state index contributed by atoms with van der Waals surface area (Å²) >= 11 is 0. The molecule has 2 rings (SSSR count). The Morgan fingerprint density at radius 3 is 2.60 bits per heavy atom. The zero-order valence-corrected chi connectivity index (χ0v) is 12.6. The number of hydrogen-bond donors (Lipinski definition) is 1. The van der Waals surface area contributed by atoms with E-state index >= 15 is 0 Å². The van der Waals surface area contributed by atoms with Gasteiger partial charge in [0.2, 0.25) is 0 Å². The van der Waals surface area contributed by atoms with Gasteiger partial charge in [-0.15, -0.1) is 0 Å². The van der Waals surface area contributed by atoms with E-state index in [9.17, 15) is 0 Å². The molecule has 0 saturated carbocycles. The number of aromatic nitrogens is 3. The molecule has 1 N–H and O–H groups in total. The molecule has 0 bridgehead atoms. The van der Waals surface area contributed by atoms with E-state index in [1.54, 1.807) is 6.33 Å². The standard InChI is InChI=1S/C16H24N4/c1-4-14-7-5-6-8-15(14)9-17-10-16-18-12-19-20(16)11-13(2)3/h5-8,12-13,17H,4,9-11H2,1-3H3. The van der Waals surface area contributed by atoms with E-state index in [1.165, 1.54) is 11.1 Å². The summed E-state index contributed by atoms with van der Waals surface area (Å²) in [5.41, 5.74) is 2.77. The summed E-state index contributed by atoms with van der Waals surface area (Å²) in [6.45, 7) is 9.12. The molecule has 2 aromatic rings. The fraction of sp³-hybridized carbons (Fsp3) is 0.500. The maximum atomic E-state index is 4.33. The number of nitrogens with one attached hydrogen (secondary N) is 1. The molecule has 0 amide bonds. The third kappa shape index (κ3) is 3.90. The summed E-state index contributed by atoms with van der Waals surface area (Å²) in [6, 6.07) is 8.57. The molecule has 1 heterocycles. The minimum Gasteiger partial charge on any atom is -0.306 e. The lowest BCUT2D eigenvalue weighted by Gasteiger charge is -2.11. The lowest BCUT2D eigenvalue weighted by Crippen LogP contribution is -2.19. The predicted octanol–water partition coefficient (Wildman–Crippen LogP) is 2.79. The Labute approximate surface area is 121 Å². The normalized spacial score (nSPS) is 11.2. The van der Waals surface area contributed by atoms with Crippen LogP contribution in [-0.2, 0) is 26.1 Å². The van der Waals surface area contributed by atoms with E-state index in [0.717, 1.165) is 31.9 Å². The highest BCUT2D eigenvalue weighted by molar-refractivity contribution is 5.26. The van der Waals surface area contributed by atoms with Crippen LogP contribution < -0.4 is 5.32 Å². The molecule has 20 heavy (non-hydrogen) atoms. The van der Waals surface area contributed by atoms with Crippen LogP contribution in [0.25, 0.3) is 0 Å². The second kappa shape index (κ2) is 7.20. The Bertz CT molecular complexity index is 531. The van der Waals surface area contributed by atoms with Crippen molar-refractivity contribution in [2.45, 2.75) is 46.8 Å². The highest BCUT2D eigenvalue weighted by Crippen LogP contribution is 2.09. The minimum absolute atomic E-state index is 0.580. The topological polar surface area (TPSA) is 42.7 Å². The van der Waals surface area contributed by atoms with Crippen molar-refractivity contribution in [1.82, 2.24) is 20.1 Å². The van der Waals surface area contributed by atoms with E-state index in [4.69, 9.17) is 0 Å².